The molecular weight excluding hydrogens is 234 g/mol. The van der Waals surface area contributed by atoms with Gasteiger partial charge in [-0.05, 0) is 24.6 Å². The van der Waals surface area contributed by atoms with Gasteiger partial charge in [-0.2, -0.15) is 0 Å². The van der Waals surface area contributed by atoms with Gasteiger partial charge in [-0.1, -0.05) is 27.7 Å². The van der Waals surface area contributed by atoms with Crippen LogP contribution in [-0.2, 0) is 9.22 Å². The summed E-state index contributed by atoms with van der Waals surface area (Å²) < 4.78 is 6.06. The highest BCUT2D eigenvalue weighted by atomic mass is 28.4. The van der Waals surface area contributed by atoms with E-state index in [4.69, 9.17) is 9.53 Å². The molecule has 0 fully saturated rings. The summed E-state index contributed by atoms with van der Waals surface area (Å²) in [4.78, 5) is 10.5. The average molecular weight is 261 g/mol. The van der Waals surface area contributed by atoms with Crippen LogP contribution >= 0.6 is 0 Å². The summed E-state index contributed by atoms with van der Waals surface area (Å²) >= 11 is 0. The standard InChI is InChI=1S/C12H27NO3Si/c1-7-10(13-8-11(14)15)9-16-17(5,6)12(2,3)4/h10,13H,7-9H2,1-6H3,(H,14,15). The molecule has 1 atom stereocenters. The SMILES string of the molecule is CCC(CO[Si](C)(C)C(C)(C)C)NCC(=O)O. The normalized spacial score (nSPS) is 14.7. The molecule has 0 saturated heterocycles. The fourth-order valence-corrected chi connectivity index (χ4v) is 2.13. The van der Waals surface area contributed by atoms with E-state index < -0.39 is 14.3 Å². The minimum absolute atomic E-state index is 0.000626. The van der Waals surface area contributed by atoms with Crippen molar-refractivity contribution in [3.05, 3.63) is 0 Å². The van der Waals surface area contributed by atoms with E-state index >= 15 is 0 Å². The third-order valence-corrected chi connectivity index (χ3v) is 7.99. The molecule has 0 aromatic heterocycles. The molecule has 0 aliphatic rings. The Hall–Kier alpha value is -0.393. The second kappa shape index (κ2) is 6.52. The molecule has 1 unspecified atom stereocenters. The molecule has 0 radical (unpaired) electrons. The predicted octanol–water partition coefficient (Wildman–Crippen LogP) is 2.46. The van der Waals surface area contributed by atoms with E-state index in [2.05, 4.69) is 39.2 Å². The Morgan fingerprint density at radius 3 is 2.29 bits per heavy atom. The zero-order chi connectivity index (χ0) is 13.7. The molecule has 0 aromatic carbocycles. The number of rotatable bonds is 7. The van der Waals surface area contributed by atoms with Gasteiger partial charge in [0.05, 0.1) is 6.54 Å². The van der Waals surface area contributed by atoms with Crippen molar-refractivity contribution in [1.82, 2.24) is 5.32 Å². The zero-order valence-corrected chi connectivity index (χ0v) is 13.0. The van der Waals surface area contributed by atoms with Crippen molar-refractivity contribution in [2.45, 2.75) is 58.3 Å². The number of carbonyl (C=O) groups is 1. The Morgan fingerprint density at radius 1 is 1.41 bits per heavy atom. The average Bonchev–Trinajstić information content (AvgIpc) is 2.15. The van der Waals surface area contributed by atoms with E-state index in [-0.39, 0.29) is 17.6 Å². The van der Waals surface area contributed by atoms with E-state index in [1.165, 1.54) is 0 Å². The fraction of sp³-hybridized carbons (Fsp3) is 0.917. The summed E-state index contributed by atoms with van der Waals surface area (Å²) in [5, 5.41) is 11.8. The molecule has 5 heteroatoms. The van der Waals surface area contributed by atoms with E-state index in [0.717, 1.165) is 6.42 Å². The first kappa shape index (κ1) is 16.6. The molecule has 102 valence electrons. The van der Waals surface area contributed by atoms with Gasteiger partial charge in [-0.25, -0.2) is 0 Å². The lowest BCUT2D eigenvalue weighted by Crippen LogP contribution is -2.45. The lowest BCUT2D eigenvalue weighted by atomic mass is 10.2. The van der Waals surface area contributed by atoms with E-state index in [1.807, 2.05) is 6.92 Å². The number of carboxylic acid groups (broad SMARTS) is 1. The Kier molecular flexibility index (Phi) is 6.36. The molecule has 17 heavy (non-hydrogen) atoms. The highest BCUT2D eigenvalue weighted by molar-refractivity contribution is 6.74. The molecule has 0 aliphatic carbocycles. The summed E-state index contributed by atoms with van der Waals surface area (Å²) in [5.41, 5.74) is 0. The number of aliphatic carboxylic acids is 1. The predicted molar refractivity (Wildman–Crippen MR) is 72.9 cm³/mol. The lowest BCUT2D eigenvalue weighted by Gasteiger charge is -2.37. The topological polar surface area (TPSA) is 58.6 Å². The van der Waals surface area contributed by atoms with E-state index in [1.54, 1.807) is 0 Å². The quantitative estimate of drug-likeness (QED) is 0.691. The van der Waals surface area contributed by atoms with Crippen molar-refractivity contribution in [3.63, 3.8) is 0 Å². The molecule has 0 bridgehead atoms. The molecule has 2 N–H and O–H groups in total. The number of hydrogen-bond donors (Lipinski definition) is 2. The van der Waals surface area contributed by atoms with Crippen LogP contribution in [0, 0.1) is 0 Å². The summed E-state index contributed by atoms with van der Waals surface area (Å²) in [5.74, 6) is -0.823. The van der Waals surface area contributed by atoms with Gasteiger partial charge in [0.2, 0.25) is 0 Å². The highest BCUT2D eigenvalue weighted by Crippen LogP contribution is 2.36. The van der Waals surface area contributed by atoms with Gasteiger partial charge in [-0.3, -0.25) is 4.79 Å². The van der Waals surface area contributed by atoms with Crippen LogP contribution in [0.4, 0.5) is 0 Å². The van der Waals surface area contributed by atoms with Crippen molar-refractivity contribution < 1.29 is 14.3 Å². The first-order valence-electron chi connectivity index (χ1n) is 6.19. The zero-order valence-electron chi connectivity index (χ0n) is 12.0. The summed E-state index contributed by atoms with van der Waals surface area (Å²) in [6.07, 6.45) is 0.877. The Balaban J connectivity index is 4.19. The maximum Gasteiger partial charge on any atom is 0.317 e. The van der Waals surface area contributed by atoms with Gasteiger partial charge in [0, 0.05) is 12.6 Å². The number of hydrogen-bond acceptors (Lipinski definition) is 3. The maximum absolute atomic E-state index is 10.5. The van der Waals surface area contributed by atoms with E-state index in [0.29, 0.717) is 6.61 Å². The third-order valence-electron chi connectivity index (χ3n) is 3.49. The lowest BCUT2D eigenvalue weighted by molar-refractivity contribution is -0.136. The minimum Gasteiger partial charge on any atom is -0.480 e. The molecule has 0 rings (SSSR count). The number of carboxylic acids is 1. The van der Waals surface area contributed by atoms with Gasteiger partial charge in [0.25, 0.3) is 0 Å². The third kappa shape index (κ3) is 6.19. The second-order valence-corrected chi connectivity index (χ2v) is 10.8. The molecule has 0 amide bonds. The molecular formula is C12H27NO3Si. The largest absolute Gasteiger partial charge is 0.480 e. The van der Waals surface area contributed by atoms with Crippen LogP contribution in [0.1, 0.15) is 34.1 Å². The summed E-state index contributed by atoms with van der Waals surface area (Å²) in [7, 11) is -1.73. The van der Waals surface area contributed by atoms with Crippen molar-refractivity contribution in [1.29, 1.82) is 0 Å². The molecule has 0 saturated carbocycles. The van der Waals surface area contributed by atoms with Gasteiger partial charge < -0.3 is 14.8 Å². The molecule has 4 nitrogen and oxygen atoms in total. The smallest absolute Gasteiger partial charge is 0.317 e. The van der Waals surface area contributed by atoms with Crippen molar-refractivity contribution in [2.24, 2.45) is 0 Å². The van der Waals surface area contributed by atoms with Gasteiger partial charge in [0.1, 0.15) is 0 Å². The van der Waals surface area contributed by atoms with Crippen LogP contribution in [0.3, 0.4) is 0 Å². The fourth-order valence-electron chi connectivity index (χ4n) is 1.08. The van der Waals surface area contributed by atoms with Gasteiger partial charge in [0.15, 0.2) is 8.32 Å². The van der Waals surface area contributed by atoms with Crippen molar-refractivity contribution in [2.75, 3.05) is 13.2 Å². The van der Waals surface area contributed by atoms with Crippen LogP contribution in [0.2, 0.25) is 18.1 Å². The van der Waals surface area contributed by atoms with Crippen LogP contribution in [-0.4, -0.2) is 38.6 Å². The van der Waals surface area contributed by atoms with Crippen molar-refractivity contribution in [3.8, 4) is 0 Å². The van der Waals surface area contributed by atoms with Crippen LogP contribution in [0.25, 0.3) is 0 Å². The highest BCUT2D eigenvalue weighted by Gasteiger charge is 2.37. The summed E-state index contributed by atoms with van der Waals surface area (Å²) in [6, 6.07) is 0.125. The monoisotopic (exact) mass is 261 g/mol. The van der Waals surface area contributed by atoms with Gasteiger partial charge >= 0.3 is 5.97 Å². The first-order valence-corrected chi connectivity index (χ1v) is 9.10. The minimum atomic E-state index is -1.73. The van der Waals surface area contributed by atoms with E-state index in [9.17, 15) is 4.79 Å². The second-order valence-electron chi connectivity index (χ2n) is 5.95. The van der Waals surface area contributed by atoms with Crippen LogP contribution < -0.4 is 5.32 Å². The summed E-state index contributed by atoms with van der Waals surface area (Å²) in [6.45, 7) is 13.6. The van der Waals surface area contributed by atoms with Gasteiger partial charge in [-0.15, -0.1) is 0 Å². The molecule has 0 aromatic rings. The number of nitrogens with one attached hydrogen (secondary N) is 1. The first-order chi connectivity index (χ1) is 7.60. The Morgan fingerprint density at radius 2 is 1.94 bits per heavy atom. The molecule has 0 spiro atoms. The van der Waals surface area contributed by atoms with Crippen LogP contribution in [0.5, 0.6) is 0 Å². The van der Waals surface area contributed by atoms with Crippen LogP contribution in [0.15, 0.2) is 0 Å². The Bertz CT molecular complexity index is 249. The maximum atomic E-state index is 10.5. The molecule has 0 aliphatic heterocycles. The Labute approximate surface area is 106 Å². The van der Waals surface area contributed by atoms with Crippen molar-refractivity contribution >= 4 is 14.3 Å². The molecule has 0 heterocycles.